The van der Waals surface area contributed by atoms with Gasteiger partial charge in [-0.2, -0.15) is 0 Å². The van der Waals surface area contributed by atoms with Crippen molar-refractivity contribution < 1.29 is 4.39 Å². The van der Waals surface area contributed by atoms with Gasteiger partial charge in [0.25, 0.3) is 0 Å². The van der Waals surface area contributed by atoms with Crippen LogP contribution in [0.4, 0.5) is 4.39 Å². The molecule has 3 rings (SSSR count). The molecule has 1 atom stereocenters. The normalized spacial score (nSPS) is 30.0. The predicted octanol–water partition coefficient (Wildman–Crippen LogP) is 5.54. The molecule has 0 amide bonds. The van der Waals surface area contributed by atoms with Gasteiger partial charge in [0, 0.05) is 0 Å². The van der Waals surface area contributed by atoms with Crippen LogP contribution in [0.2, 0.25) is 0 Å². The van der Waals surface area contributed by atoms with Crippen molar-refractivity contribution in [3.8, 4) is 0 Å². The summed E-state index contributed by atoms with van der Waals surface area (Å²) in [6.45, 7) is 2.39. The standard InChI is InChI=1S/C19H27F/c1-14-2-4-15(5-3-14)6-7-16-8-9-17-10-11-19(20)13-18(17)12-16/h10-11,13-16H,2-9,12H2,1H3. The highest BCUT2D eigenvalue weighted by atomic mass is 19.1. The van der Waals surface area contributed by atoms with Crippen molar-refractivity contribution in [1.82, 2.24) is 0 Å². The van der Waals surface area contributed by atoms with Gasteiger partial charge in [0.1, 0.15) is 5.82 Å². The van der Waals surface area contributed by atoms with Crippen LogP contribution in [-0.2, 0) is 12.8 Å². The minimum Gasteiger partial charge on any atom is -0.207 e. The minimum absolute atomic E-state index is 0.0642. The predicted molar refractivity (Wildman–Crippen MR) is 82.3 cm³/mol. The zero-order valence-corrected chi connectivity index (χ0v) is 12.7. The molecule has 0 aliphatic heterocycles. The lowest BCUT2D eigenvalue weighted by Crippen LogP contribution is -2.17. The van der Waals surface area contributed by atoms with Gasteiger partial charge in [-0.3, -0.25) is 0 Å². The third-order valence-electron chi connectivity index (χ3n) is 5.62. The van der Waals surface area contributed by atoms with E-state index in [4.69, 9.17) is 0 Å². The summed E-state index contributed by atoms with van der Waals surface area (Å²) in [7, 11) is 0. The Morgan fingerprint density at radius 3 is 2.50 bits per heavy atom. The summed E-state index contributed by atoms with van der Waals surface area (Å²) in [6.07, 6.45) is 12.1. The number of fused-ring (bicyclic) bond motifs is 1. The molecule has 0 heterocycles. The molecule has 0 N–H and O–H groups in total. The maximum absolute atomic E-state index is 13.3. The zero-order chi connectivity index (χ0) is 13.9. The first-order chi connectivity index (χ1) is 9.70. The Morgan fingerprint density at radius 2 is 1.70 bits per heavy atom. The van der Waals surface area contributed by atoms with Gasteiger partial charge >= 0.3 is 0 Å². The van der Waals surface area contributed by atoms with E-state index in [9.17, 15) is 4.39 Å². The van der Waals surface area contributed by atoms with Crippen LogP contribution in [0.25, 0.3) is 0 Å². The number of benzene rings is 1. The Bertz CT molecular complexity index is 443. The fourth-order valence-electron chi connectivity index (χ4n) is 4.14. The number of rotatable bonds is 3. The van der Waals surface area contributed by atoms with E-state index in [1.54, 1.807) is 12.1 Å². The Hall–Kier alpha value is -0.850. The van der Waals surface area contributed by atoms with Gasteiger partial charge in [-0.1, -0.05) is 45.1 Å². The van der Waals surface area contributed by atoms with Crippen LogP contribution in [0.1, 0.15) is 63.0 Å². The summed E-state index contributed by atoms with van der Waals surface area (Å²) in [6, 6.07) is 5.37. The van der Waals surface area contributed by atoms with Gasteiger partial charge in [0.05, 0.1) is 0 Å². The van der Waals surface area contributed by atoms with E-state index in [1.807, 2.05) is 6.07 Å². The Morgan fingerprint density at radius 1 is 0.950 bits per heavy atom. The fraction of sp³-hybridized carbons (Fsp3) is 0.684. The molecule has 0 saturated heterocycles. The van der Waals surface area contributed by atoms with E-state index >= 15 is 0 Å². The van der Waals surface area contributed by atoms with Gasteiger partial charge in [-0.25, -0.2) is 4.39 Å². The summed E-state index contributed by atoms with van der Waals surface area (Å²) < 4.78 is 13.3. The van der Waals surface area contributed by atoms with Gasteiger partial charge in [-0.05, 0) is 66.7 Å². The Balaban J connectivity index is 1.50. The van der Waals surface area contributed by atoms with E-state index < -0.39 is 0 Å². The molecule has 2 aliphatic carbocycles. The second kappa shape index (κ2) is 6.28. The molecule has 0 spiro atoms. The van der Waals surface area contributed by atoms with E-state index in [-0.39, 0.29) is 5.82 Å². The summed E-state index contributed by atoms with van der Waals surface area (Å²) in [4.78, 5) is 0. The molecule has 110 valence electrons. The third-order valence-corrected chi connectivity index (χ3v) is 5.62. The van der Waals surface area contributed by atoms with Crippen molar-refractivity contribution >= 4 is 0 Å². The molecule has 2 aliphatic rings. The van der Waals surface area contributed by atoms with Gasteiger partial charge in [-0.15, -0.1) is 0 Å². The number of aryl methyl sites for hydroxylation is 1. The van der Waals surface area contributed by atoms with Crippen LogP contribution in [-0.4, -0.2) is 0 Å². The van der Waals surface area contributed by atoms with Crippen LogP contribution in [0.15, 0.2) is 18.2 Å². The molecule has 0 nitrogen and oxygen atoms in total. The van der Waals surface area contributed by atoms with Crippen molar-refractivity contribution in [2.45, 2.75) is 64.7 Å². The molecule has 1 heteroatoms. The quantitative estimate of drug-likeness (QED) is 0.679. The van der Waals surface area contributed by atoms with E-state index in [1.165, 1.54) is 56.1 Å². The molecule has 1 aromatic carbocycles. The maximum Gasteiger partial charge on any atom is 0.123 e. The van der Waals surface area contributed by atoms with Crippen molar-refractivity contribution in [2.75, 3.05) is 0 Å². The van der Waals surface area contributed by atoms with Crippen molar-refractivity contribution in [3.63, 3.8) is 0 Å². The van der Waals surface area contributed by atoms with Crippen LogP contribution < -0.4 is 0 Å². The second-order valence-corrected chi connectivity index (χ2v) is 7.23. The van der Waals surface area contributed by atoms with Crippen LogP contribution in [0.3, 0.4) is 0 Å². The molecule has 0 bridgehead atoms. The molecular weight excluding hydrogens is 247 g/mol. The first-order valence-electron chi connectivity index (χ1n) is 8.48. The molecule has 1 fully saturated rings. The second-order valence-electron chi connectivity index (χ2n) is 7.23. The van der Waals surface area contributed by atoms with Crippen molar-refractivity contribution in [1.29, 1.82) is 0 Å². The lowest BCUT2D eigenvalue weighted by Gasteiger charge is -2.29. The average molecular weight is 274 g/mol. The summed E-state index contributed by atoms with van der Waals surface area (Å²) in [5.74, 6) is 2.66. The van der Waals surface area contributed by atoms with E-state index in [0.29, 0.717) is 0 Å². The molecule has 1 unspecified atom stereocenters. The van der Waals surface area contributed by atoms with Gasteiger partial charge in [0.2, 0.25) is 0 Å². The minimum atomic E-state index is -0.0642. The Kier molecular flexibility index (Phi) is 4.43. The molecule has 0 aromatic heterocycles. The third kappa shape index (κ3) is 3.42. The highest BCUT2D eigenvalue weighted by Crippen LogP contribution is 2.35. The number of hydrogen-bond donors (Lipinski definition) is 0. The summed E-state index contributed by atoms with van der Waals surface area (Å²) >= 11 is 0. The molecule has 1 saturated carbocycles. The summed E-state index contributed by atoms with van der Waals surface area (Å²) in [5.41, 5.74) is 2.66. The number of halogens is 1. The first-order valence-corrected chi connectivity index (χ1v) is 8.48. The van der Waals surface area contributed by atoms with E-state index in [0.717, 1.165) is 30.6 Å². The highest BCUT2D eigenvalue weighted by molar-refractivity contribution is 5.30. The van der Waals surface area contributed by atoms with Gasteiger partial charge in [0.15, 0.2) is 0 Å². The van der Waals surface area contributed by atoms with Crippen LogP contribution in [0, 0.1) is 23.6 Å². The van der Waals surface area contributed by atoms with Gasteiger partial charge < -0.3 is 0 Å². The van der Waals surface area contributed by atoms with Crippen LogP contribution in [0.5, 0.6) is 0 Å². The molecule has 0 radical (unpaired) electrons. The SMILES string of the molecule is CC1CCC(CCC2CCc3ccc(F)cc3C2)CC1. The largest absolute Gasteiger partial charge is 0.207 e. The smallest absolute Gasteiger partial charge is 0.123 e. The zero-order valence-electron chi connectivity index (χ0n) is 12.7. The molecule has 20 heavy (non-hydrogen) atoms. The average Bonchev–Trinajstić information content (AvgIpc) is 2.46. The topological polar surface area (TPSA) is 0 Å². The monoisotopic (exact) mass is 274 g/mol. The van der Waals surface area contributed by atoms with Crippen molar-refractivity contribution in [3.05, 3.63) is 35.1 Å². The lowest BCUT2D eigenvalue weighted by molar-refractivity contribution is 0.255. The van der Waals surface area contributed by atoms with Crippen LogP contribution >= 0.6 is 0 Å². The Labute approximate surface area is 122 Å². The highest BCUT2D eigenvalue weighted by Gasteiger charge is 2.22. The lowest BCUT2D eigenvalue weighted by atomic mass is 9.76. The first kappa shape index (κ1) is 14.1. The summed E-state index contributed by atoms with van der Waals surface area (Å²) in [5, 5.41) is 0. The molecule has 1 aromatic rings. The number of hydrogen-bond acceptors (Lipinski definition) is 0. The molecular formula is C19H27F. The maximum atomic E-state index is 13.3. The van der Waals surface area contributed by atoms with Crippen molar-refractivity contribution in [2.24, 2.45) is 17.8 Å². The fourth-order valence-corrected chi connectivity index (χ4v) is 4.14. The van der Waals surface area contributed by atoms with E-state index in [2.05, 4.69) is 6.92 Å².